The summed E-state index contributed by atoms with van der Waals surface area (Å²) in [6, 6.07) is 6.08. The molecule has 0 fully saturated rings. The minimum Gasteiger partial charge on any atom is -0.337 e. The van der Waals surface area contributed by atoms with Gasteiger partial charge in [0.2, 0.25) is 0 Å². The van der Waals surface area contributed by atoms with Gasteiger partial charge < -0.3 is 10.6 Å². The molecule has 3 nitrogen and oxygen atoms in total. The van der Waals surface area contributed by atoms with E-state index in [1.807, 2.05) is 12.1 Å². The monoisotopic (exact) mass is 193 g/mol. The van der Waals surface area contributed by atoms with Crippen LogP contribution in [0.3, 0.4) is 0 Å². The van der Waals surface area contributed by atoms with Crippen LogP contribution in [0, 0.1) is 0 Å². The van der Waals surface area contributed by atoms with Gasteiger partial charge in [-0.15, -0.1) is 0 Å². The molecule has 0 aromatic heterocycles. The third-order valence-corrected chi connectivity index (χ3v) is 2.44. The lowest BCUT2D eigenvalue weighted by Crippen LogP contribution is -2.07. The Morgan fingerprint density at radius 2 is 2.21 bits per heavy atom. The lowest BCUT2D eigenvalue weighted by Gasteiger charge is -2.14. The van der Waals surface area contributed by atoms with Gasteiger partial charge in [0.15, 0.2) is 5.75 Å². The van der Waals surface area contributed by atoms with Crippen molar-refractivity contribution in [2.45, 2.75) is 25.8 Å². The highest BCUT2D eigenvalue weighted by molar-refractivity contribution is 5.37. The van der Waals surface area contributed by atoms with E-state index < -0.39 is 0 Å². The van der Waals surface area contributed by atoms with Crippen molar-refractivity contribution in [2.75, 3.05) is 6.61 Å². The van der Waals surface area contributed by atoms with Gasteiger partial charge in [-0.05, 0) is 36.5 Å². The van der Waals surface area contributed by atoms with Gasteiger partial charge in [0.05, 0.1) is 6.61 Å². The van der Waals surface area contributed by atoms with E-state index in [9.17, 15) is 0 Å². The Morgan fingerprint density at radius 3 is 3.07 bits per heavy atom. The van der Waals surface area contributed by atoms with Crippen molar-refractivity contribution in [2.24, 2.45) is 5.73 Å². The van der Waals surface area contributed by atoms with Crippen LogP contribution in [-0.2, 0) is 17.9 Å². The van der Waals surface area contributed by atoms with Gasteiger partial charge in [-0.2, -0.15) is 4.89 Å². The maximum absolute atomic E-state index is 5.56. The highest BCUT2D eigenvalue weighted by Crippen LogP contribution is 2.24. The topological polar surface area (TPSA) is 44.5 Å². The van der Waals surface area contributed by atoms with Gasteiger partial charge in [-0.25, -0.2) is 0 Å². The third-order valence-electron chi connectivity index (χ3n) is 2.44. The zero-order chi connectivity index (χ0) is 9.80. The molecule has 1 heterocycles. The van der Waals surface area contributed by atoms with E-state index in [2.05, 4.69) is 6.07 Å². The Hall–Kier alpha value is -1.06. The minimum absolute atomic E-state index is 0.538. The zero-order valence-corrected chi connectivity index (χ0v) is 8.16. The molecule has 0 radical (unpaired) electrons. The second-order valence-corrected chi connectivity index (χ2v) is 3.51. The fourth-order valence-electron chi connectivity index (χ4n) is 1.59. The maximum Gasteiger partial charge on any atom is 0.168 e. The first-order valence-electron chi connectivity index (χ1n) is 5.01. The van der Waals surface area contributed by atoms with Crippen molar-refractivity contribution >= 4 is 0 Å². The van der Waals surface area contributed by atoms with Crippen LogP contribution in [-0.4, -0.2) is 6.61 Å². The summed E-state index contributed by atoms with van der Waals surface area (Å²) in [4.78, 5) is 10.3. The molecular formula is C11H15NO2. The summed E-state index contributed by atoms with van der Waals surface area (Å²) in [5.74, 6) is 0.827. The quantitative estimate of drug-likeness (QED) is 0.691. The smallest absolute Gasteiger partial charge is 0.168 e. The maximum atomic E-state index is 5.56. The number of rotatable bonds is 1. The second kappa shape index (κ2) is 4.44. The largest absolute Gasteiger partial charge is 0.337 e. The molecule has 0 amide bonds. The van der Waals surface area contributed by atoms with E-state index in [1.54, 1.807) is 0 Å². The van der Waals surface area contributed by atoms with Crippen LogP contribution in [0.4, 0.5) is 0 Å². The summed E-state index contributed by atoms with van der Waals surface area (Å²) >= 11 is 0. The molecule has 0 atom stereocenters. The predicted molar refractivity (Wildman–Crippen MR) is 53.9 cm³/mol. The Kier molecular flexibility index (Phi) is 3.01. The van der Waals surface area contributed by atoms with Crippen LogP contribution >= 0.6 is 0 Å². The molecule has 1 aromatic carbocycles. The average molecular weight is 193 g/mol. The predicted octanol–water partition coefficient (Wildman–Crippen LogP) is 1.79. The molecule has 1 aliphatic rings. The highest BCUT2D eigenvalue weighted by atomic mass is 17.2. The summed E-state index contributed by atoms with van der Waals surface area (Å²) in [5.41, 5.74) is 7.84. The Balaban J connectivity index is 2.26. The molecule has 1 aliphatic heterocycles. The van der Waals surface area contributed by atoms with Crippen LogP contribution in [0.2, 0.25) is 0 Å². The summed E-state index contributed by atoms with van der Waals surface area (Å²) in [7, 11) is 0. The average Bonchev–Trinajstić information content (AvgIpc) is 2.18. The lowest BCUT2D eigenvalue weighted by molar-refractivity contribution is -0.209. The van der Waals surface area contributed by atoms with Gasteiger partial charge in [0.25, 0.3) is 0 Å². The summed E-state index contributed by atoms with van der Waals surface area (Å²) < 4.78 is 0. The molecule has 0 unspecified atom stereocenters. The van der Waals surface area contributed by atoms with Crippen molar-refractivity contribution < 1.29 is 9.78 Å². The number of fused-ring (bicyclic) bond motifs is 1. The molecular weight excluding hydrogens is 178 g/mol. The number of benzene rings is 1. The molecule has 0 spiro atoms. The summed E-state index contributed by atoms with van der Waals surface area (Å²) in [5, 5.41) is 0. The first kappa shape index (κ1) is 9.49. The highest BCUT2D eigenvalue weighted by Gasteiger charge is 2.08. The van der Waals surface area contributed by atoms with Gasteiger partial charge >= 0.3 is 0 Å². The molecule has 14 heavy (non-hydrogen) atoms. The van der Waals surface area contributed by atoms with Crippen molar-refractivity contribution in [1.82, 2.24) is 0 Å². The van der Waals surface area contributed by atoms with Crippen LogP contribution in [0.25, 0.3) is 0 Å². The van der Waals surface area contributed by atoms with Crippen LogP contribution < -0.4 is 10.6 Å². The molecule has 2 N–H and O–H groups in total. The number of hydrogen-bond donors (Lipinski definition) is 1. The Morgan fingerprint density at radius 1 is 1.29 bits per heavy atom. The number of nitrogens with two attached hydrogens (primary N) is 1. The van der Waals surface area contributed by atoms with E-state index in [-0.39, 0.29) is 0 Å². The molecule has 0 saturated heterocycles. The summed E-state index contributed by atoms with van der Waals surface area (Å²) in [6.45, 7) is 1.21. The van der Waals surface area contributed by atoms with E-state index in [1.165, 1.54) is 5.56 Å². The van der Waals surface area contributed by atoms with Crippen molar-refractivity contribution in [3.05, 3.63) is 29.3 Å². The third kappa shape index (κ3) is 2.05. The standard InChI is InChI=1S/C11H15NO2/c12-8-9-4-5-10-3-1-2-6-13-14-11(10)7-9/h4-5,7H,1-3,6,8,12H2. The normalized spacial score (nSPS) is 16.4. The molecule has 0 bridgehead atoms. The molecule has 0 saturated carbocycles. The molecule has 3 heteroatoms. The molecule has 1 aromatic rings. The Labute approximate surface area is 83.7 Å². The van der Waals surface area contributed by atoms with Crippen LogP contribution in [0.1, 0.15) is 24.0 Å². The van der Waals surface area contributed by atoms with E-state index >= 15 is 0 Å². The van der Waals surface area contributed by atoms with Crippen molar-refractivity contribution in [1.29, 1.82) is 0 Å². The number of aryl methyl sites for hydroxylation is 1. The van der Waals surface area contributed by atoms with Crippen LogP contribution in [0.15, 0.2) is 18.2 Å². The van der Waals surface area contributed by atoms with Gasteiger partial charge in [0.1, 0.15) is 0 Å². The lowest BCUT2D eigenvalue weighted by atomic mass is 10.0. The second-order valence-electron chi connectivity index (χ2n) is 3.51. The Bertz CT molecular complexity index is 312. The van der Waals surface area contributed by atoms with Gasteiger partial charge in [-0.1, -0.05) is 12.1 Å². The van der Waals surface area contributed by atoms with E-state index in [0.29, 0.717) is 13.2 Å². The first-order chi connectivity index (χ1) is 6.90. The van der Waals surface area contributed by atoms with Crippen LogP contribution in [0.5, 0.6) is 5.75 Å². The molecule has 0 aliphatic carbocycles. The van der Waals surface area contributed by atoms with Gasteiger partial charge in [-0.3, -0.25) is 0 Å². The number of hydrogen-bond acceptors (Lipinski definition) is 3. The van der Waals surface area contributed by atoms with E-state index in [0.717, 1.165) is 30.6 Å². The van der Waals surface area contributed by atoms with Gasteiger partial charge in [0, 0.05) is 6.54 Å². The van der Waals surface area contributed by atoms with Crippen molar-refractivity contribution in [3.8, 4) is 5.75 Å². The molecule has 76 valence electrons. The fourth-order valence-corrected chi connectivity index (χ4v) is 1.59. The fraction of sp³-hybridized carbons (Fsp3) is 0.455. The summed E-state index contributed by atoms with van der Waals surface area (Å²) in [6.07, 6.45) is 3.26. The van der Waals surface area contributed by atoms with E-state index in [4.69, 9.17) is 15.5 Å². The SMILES string of the molecule is NCc1ccc2c(c1)OOCCCC2. The minimum atomic E-state index is 0.538. The first-order valence-corrected chi connectivity index (χ1v) is 5.01. The zero-order valence-electron chi connectivity index (χ0n) is 8.16. The molecule has 2 rings (SSSR count). The van der Waals surface area contributed by atoms with Crippen molar-refractivity contribution in [3.63, 3.8) is 0 Å².